The highest BCUT2D eigenvalue weighted by Gasteiger charge is 2.47. The normalized spacial score (nSPS) is 11.7. The quantitative estimate of drug-likeness (QED) is 0.611. The molecule has 6 nitrogen and oxygen atoms in total. The standard InChI is InChI=1S/C16H17ClF5N3O.CO2/c1-4-12-23-8-11(17)25(12)13-10(26-14(18)19)5-9(7-24-13)6-15(2,3)16(20,21)22;2-1-3/h5,7-8,14H,4,6H2,1-3H3;. The van der Waals surface area contributed by atoms with Gasteiger partial charge in [-0.25, -0.2) is 9.97 Å². The van der Waals surface area contributed by atoms with Crippen LogP contribution in [-0.4, -0.2) is 33.5 Å². The van der Waals surface area contributed by atoms with E-state index in [9.17, 15) is 22.0 Å². The first kappa shape index (κ1) is 24.5. The Bertz CT molecular complexity index is 862. The van der Waals surface area contributed by atoms with Crippen LogP contribution in [0, 0.1) is 5.41 Å². The van der Waals surface area contributed by atoms with Gasteiger partial charge in [0.15, 0.2) is 11.6 Å². The molecule has 29 heavy (non-hydrogen) atoms. The van der Waals surface area contributed by atoms with Crippen molar-refractivity contribution in [2.45, 2.75) is 46.4 Å². The van der Waals surface area contributed by atoms with Gasteiger partial charge in [0.05, 0.1) is 11.6 Å². The summed E-state index contributed by atoms with van der Waals surface area (Å²) in [5.41, 5.74) is -1.94. The van der Waals surface area contributed by atoms with Crippen molar-refractivity contribution in [3.05, 3.63) is 35.0 Å². The van der Waals surface area contributed by atoms with Crippen molar-refractivity contribution in [2.75, 3.05) is 0 Å². The van der Waals surface area contributed by atoms with Crippen LogP contribution in [0.15, 0.2) is 18.5 Å². The molecule has 0 amide bonds. The monoisotopic (exact) mass is 441 g/mol. The molecule has 2 aromatic rings. The lowest BCUT2D eigenvalue weighted by atomic mass is 9.85. The lowest BCUT2D eigenvalue weighted by Crippen LogP contribution is -2.34. The third-order valence-corrected chi connectivity index (χ3v) is 4.11. The zero-order chi connectivity index (χ0) is 22.4. The number of imidazole rings is 1. The Labute approximate surface area is 167 Å². The van der Waals surface area contributed by atoms with Crippen molar-refractivity contribution in [3.8, 4) is 11.6 Å². The van der Waals surface area contributed by atoms with Gasteiger partial charge in [0.1, 0.15) is 11.0 Å². The molecule has 0 bridgehead atoms. The number of halogens is 6. The predicted octanol–water partition coefficient (Wildman–Crippen LogP) is 4.63. The van der Waals surface area contributed by atoms with Crippen molar-refractivity contribution in [2.24, 2.45) is 5.41 Å². The molecule has 0 unspecified atom stereocenters. The first-order valence-electron chi connectivity index (χ1n) is 8.10. The second-order valence-electron chi connectivity index (χ2n) is 6.37. The van der Waals surface area contributed by atoms with Crippen LogP contribution in [0.2, 0.25) is 5.15 Å². The molecule has 0 spiro atoms. The van der Waals surface area contributed by atoms with Crippen molar-refractivity contribution < 1.29 is 36.3 Å². The summed E-state index contributed by atoms with van der Waals surface area (Å²) in [6, 6.07) is 1.12. The molecule has 0 fully saturated rings. The molecule has 0 saturated heterocycles. The van der Waals surface area contributed by atoms with Gasteiger partial charge < -0.3 is 4.74 Å². The molecule has 0 aromatic carbocycles. The minimum Gasteiger partial charge on any atom is -0.431 e. The van der Waals surface area contributed by atoms with E-state index in [1.807, 2.05) is 0 Å². The van der Waals surface area contributed by atoms with Crippen LogP contribution in [-0.2, 0) is 22.4 Å². The number of carbonyl (C=O) groups excluding carboxylic acids is 2. The lowest BCUT2D eigenvalue weighted by Gasteiger charge is -2.27. The molecule has 0 radical (unpaired) electrons. The Kier molecular flexibility index (Phi) is 8.28. The highest BCUT2D eigenvalue weighted by Crippen LogP contribution is 2.41. The SMILES string of the molecule is CCc1ncc(Cl)n1-c1ncc(CC(C)(C)C(F)(F)F)cc1OC(F)F.O=C=O. The summed E-state index contributed by atoms with van der Waals surface area (Å²) in [6.07, 6.45) is -1.70. The number of ether oxygens (including phenoxy) is 1. The molecule has 2 heterocycles. The molecule has 2 rings (SSSR count). The highest BCUT2D eigenvalue weighted by molar-refractivity contribution is 6.29. The zero-order valence-corrected chi connectivity index (χ0v) is 16.3. The minimum atomic E-state index is -4.46. The van der Waals surface area contributed by atoms with Crippen LogP contribution < -0.4 is 4.74 Å². The van der Waals surface area contributed by atoms with E-state index in [0.29, 0.717) is 12.2 Å². The summed E-state index contributed by atoms with van der Waals surface area (Å²) >= 11 is 6.04. The Morgan fingerprint density at radius 3 is 2.28 bits per heavy atom. The molecule has 12 heteroatoms. The van der Waals surface area contributed by atoms with Gasteiger partial charge in [0.25, 0.3) is 0 Å². The Morgan fingerprint density at radius 2 is 1.79 bits per heavy atom. The summed E-state index contributed by atoms with van der Waals surface area (Å²) in [5.74, 6) is 0.0216. The van der Waals surface area contributed by atoms with Crippen LogP contribution in [0.1, 0.15) is 32.2 Å². The fraction of sp³-hybridized carbons (Fsp3) is 0.471. The number of hydrogen-bond acceptors (Lipinski definition) is 5. The molecule has 0 saturated carbocycles. The van der Waals surface area contributed by atoms with Gasteiger partial charge in [-0.05, 0) is 18.1 Å². The maximum atomic E-state index is 13.1. The molecule has 160 valence electrons. The first-order chi connectivity index (χ1) is 13.4. The maximum Gasteiger partial charge on any atom is 0.394 e. The largest absolute Gasteiger partial charge is 0.431 e. The summed E-state index contributed by atoms with van der Waals surface area (Å²) in [7, 11) is 0. The molecular weight excluding hydrogens is 425 g/mol. The lowest BCUT2D eigenvalue weighted by molar-refractivity contribution is -0.211. The fourth-order valence-corrected chi connectivity index (χ4v) is 2.60. The highest BCUT2D eigenvalue weighted by atomic mass is 35.5. The minimum absolute atomic E-state index is 0.0572. The molecule has 0 aliphatic carbocycles. The van der Waals surface area contributed by atoms with E-state index >= 15 is 0 Å². The summed E-state index contributed by atoms with van der Waals surface area (Å²) in [6.45, 7) is 0.657. The van der Waals surface area contributed by atoms with Crippen LogP contribution >= 0.6 is 11.6 Å². The van der Waals surface area contributed by atoms with Crippen molar-refractivity contribution in [1.82, 2.24) is 14.5 Å². The average Bonchev–Trinajstić information content (AvgIpc) is 2.94. The number of pyridine rings is 1. The van der Waals surface area contributed by atoms with Gasteiger partial charge in [-0.1, -0.05) is 32.4 Å². The number of aryl methyl sites for hydroxylation is 1. The zero-order valence-electron chi connectivity index (χ0n) is 15.6. The van der Waals surface area contributed by atoms with Crippen LogP contribution in [0.4, 0.5) is 22.0 Å². The van der Waals surface area contributed by atoms with Crippen LogP contribution in [0.3, 0.4) is 0 Å². The summed E-state index contributed by atoms with van der Waals surface area (Å²) < 4.78 is 70.6. The Balaban J connectivity index is 0.00000132. The second kappa shape index (κ2) is 9.80. The third kappa shape index (κ3) is 6.23. The third-order valence-electron chi connectivity index (χ3n) is 3.84. The van der Waals surface area contributed by atoms with Crippen LogP contribution in [0.5, 0.6) is 5.75 Å². The Morgan fingerprint density at radius 1 is 1.21 bits per heavy atom. The van der Waals surface area contributed by atoms with E-state index in [1.54, 1.807) is 6.92 Å². The van der Waals surface area contributed by atoms with Crippen molar-refractivity contribution >= 4 is 17.8 Å². The maximum absolute atomic E-state index is 13.1. The average molecular weight is 442 g/mol. The van der Waals surface area contributed by atoms with E-state index < -0.39 is 24.6 Å². The first-order valence-corrected chi connectivity index (χ1v) is 8.48. The summed E-state index contributed by atoms with van der Waals surface area (Å²) in [4.78, 5) is 24.3. The molecule has 0 aliphatic rings. The number of alkyl halides is 5. The van der Waals surface area contributed by atoms with E-state index in [-0.39, 0.29) is 28.4 Å². The van der Waals surface area contributed by atoms with Gasteiger partial charge in [-0.3, -0.25) is 4.57 Å². The van der Waals surface area contributed by atoms with Gasteiger partial charge in [0.2, 0.25) is 0 Å². The molecular formula is C17H17ClF5N3O3. The van der Waals surface area contributed by atoms with Gasteiger partial charge in [-0.15, -0.1) is 0 Å². The van der Waals surface area contributed by atoms with Gasteiger partial charge >= 0.3 is 18.9 Å². The van der Waals surface area contributed by atoms with E-state index in [0.717, 1.165) is 19.9 Å². The molecule has 0 aliphatic heterocycles. The molecule has 0 atom stereocenters. The van der Waals surface area contributed by atoms with Gasteiger partial charge in [0, 0.05) is 12.6 Å². The topological polar surface area (TPSA) is 74.1 Å². The molecule has 2 aromatic heterocycles. The molecule has 0 N–H and O–H groups in total. The van der Waals surface area contributed by atoms with E-state index in [2.05, 4.69) is 14.7 Å². The second-order valence-corrected chi connectivity index (χ2v) is 6.76. The fourth-order valence-electron chi connectivity index (χ4n) is 2.38. The number of rotatable bonds is 6. The number of nitrogens with zero attached hydrogens (tertiary/aromatic N) is 3. The Hall–Kier alpha value is -2.52. The summed E-state index contributed by atoms with van der Waals surface area (Å²) in [5, 5.41) is 0.122. The van der Waals surface area contributed by atoms with E-state index in [4.69, 9.17) is 21.2 Å². The smallest absolute Gasteiger partial charge is 0.394 e. The number of hydrogen-bond donors (Lipinski definition) is 0. The predicted molar refractivity (Wildman–Crippen MR) is 90.9 cm³/mol. The van der Waals surface area contributed by atoms with E-state index in [1.165, 1.54) is 17.0 Å². The van der Waals surface area contributed by atoms with Crippen molar-refractivity contribution in [3.63, 3.8) is 0 Å². The van der Waals surface area contributed by atoms with Crippen LogP contribution in [0.25, 0.3) is 5.82 Å². The number of aromatic nitrogens is 3. The van der Waals surface area contributed by atoms with Gasteiger partial charge in [-0.2, -0.15) is 31.5 Å². The van der Waals surface area contributed by atoms with Crippen molar-refractivity contribution in [1.29, 1.82) is 0 Å².